The molecule has 1 aliphatic carbocycles. The van der Waals surface area contributed by atoms with E-state index in [-0.39, 0.29) is 0 Å². The van der Waals surface area contributed by atoms with Crippen LogP contribution in [0.25, 0.3) is 0 Å². The number of hydrogen-bond donors (Lipinski definition) is 1. The highest BCUT2D eigenvalue weighted by atomic mass is 16.3. The van der Waals surface area contributed by atoms with Gasteiger partial charge in [0, 0.05) is 0 Å². The van der Waals surface area contributed by atoms with Crippen LogP contribution in [0, 0.1) is 17.8 Å². The fraction of sp³-hybridized carbons (Fsp3) is 1.00. The Kier molecular flexibility index (Phi) is 4.64. The van der Waals surface area contributed by atoms with Crippen molar-refractivity contribution in [2.75, 3.05) is 0 Å². The Morgan fingerprint density at radius 3 is 2.27 bits per heavy atom. The summed E-state index contributed by atoms with van der Waals surface area (Å²) in [6, 6.07) is 0. The van der Waals surface area contributed by atoms with Crippen LogP contribution in [-0.4, -0.2) is 10.7 Å². The Morgan fingerprint density at radius 2 is 1.80 bits per heavy atom. The van der Waals surface area contributed by atoms with Gasteiger partial charge in [0.25, 0.3) is 0 Å². The van der Waals surface area contributed by atoms with Crippen molar-refractivity contribution in [2.45, 2.75) is 71.8 Å². The molecule has 0 saturated heterocycles. The van der Waals surface area contributed by atoms with Crippen LogP contribution in [0.3, 0.4) is 0 Å². The van der Waals surface area contributed by atoms with Crippen molar-refractivity contribution >= 4 is 0 Å². The molecule has 0 aromatic rings. The Labute approximate surface area is 95.3 Å². The number of rotatable bonds is 4. The maximum absolute atomic E-state index is 10.8. The van der Waals surface area contributed by atoms with Crippen molar-refractivity contribution in [2.24, 2.45) is 17.8 Å². The Hall–Kier alpha value is -0.0400. The van der Waals surface area contributed by atoms with Crippen molar-refractivity contribution in [1.29, 1.82) is 0 Å². The van der Waals surface area contributed by atoms with Gasteiger partial charge in [0.05, 0.1) is 5.60 Å². The zero-order chi connectivity index (χ0) is 11.5. The standard InChI is InChI=1S/C14H28O/c1-5-12-9-7-8-10-13(12)14(15,6-2)11(3)4/h11-13,15H,5-10H2,1-4H3. The van der Waals surface area contributed by atoms with Gasteiger partial charge >= 0.3 is 0 Å². The lowest BCUT2D eigenvalue weighted by Gasteiger charge is -2.45. The van der Waals surface area contributed by atoms with Crippen LogP contribution >= 0.6 is 0 Å². The summed E-state index contributed by atoms with van der Waals surface area (Å²) in [7, 11) is 0. The predicted octanol–water partition coefficient (Wildman–Crippen LogP) is 4.00. The SMILES string of the molecule is CCC1CCCCC1C(O)(CC)C(C)C. The van der Waals surface area contributed by atoms with E-state index in [1.165, 1.54) is 32.1 Å². The molecule has 3 unspecified atom stereocenters. The molecular formula is C14H28O. The maximum atomic E-state index is 10.8. The molecule has 15 heavy (non-hydrogen) atoms. The lowest BCUT2D eigenvalue weighted by molar-refractivity contribution is -0.0945. The Morgan fingerprint density at radius 1 is 1.20 bits per heavy atom. The van der Waals surface area contributed by atoms with Gasteiger partial charge in [-0.25, -0.2) is 0 Å². The van der Waals surface area contributed by atoms with E-state index in [0.29, 0.717) is 11.8 Å². The average molecular weight is 212 g/mol. The second-order valence-electron chi connectivity index (χ2n) is 5.56. The van der Waals surface area contributed by atoms with Gasteiger partial charge in [0.15, 0.2) is 0 Å². The highest BCUT2D eigenvalue weighted by molar-refractivity contribution is 4.93. The molecule has 1 aliphatic rings. The molecule has 1 fully saturated rings. The highest BCUT2D eigenvalue weighted by Crippen LogP contribution is 2.43. The van der Waals surface area contributed by atoms with Gasteiger partial charge in [0.1, 0.15) is 0 Å². The minimum Gasteiger partial charge on any atom is -0.389 e. The van der Waals surface area contributed by atoms with E-state index in [0.717, 1.165) is 12.3 Å². The van der Waals surface area contributed by atoms with Crippen LogP contribution in [0.4, 0.5) is 0 Å². The largest absolute Gasteiger partial charge is 0.389 e. The third kappa shape index (κ3) is 2.55. The fourth-order valence-electron chi connectivity index (χ4n) is 3.45. The van der Waals surface area contributed by atoms with Gasteiger partial charge in [-0.2, -0.15) is 0 Å². The van der Waals surface area contributed by atoms with E-state index in [4.69, 9.17) is 0 Å². The van der Waals surface area contributed by atoms with Crippen LogP contribution in [0.5, 0.6) is 0 Å². The molecule has 1 N–H and O–H groups in total. The van der Waals surface area contributed by atoms with E-state index in [1.54, 1.807) is 0 Å². The Bertz CT molecular complexity index is 188. The highest BCUT2D eigenvalue weighted by Gasteiger charge is 2.42. The van der Waals surface area contributed by atoms with E-state index in [9.17, 15) is 5.11 Å². The normalized spacial score (nSPS) is 31.6. The smallest absolute Gasteiger partial charge is 0.0698 e. The first-order valence-electron chi connectivity index (χ1n) is 6.78. The maximum Gasteiger partial charge on any atom is 0.0698 e. The lowest BCUT2D eigenvalue weighted by Crippen LogP contribution is -2.46. The molecule has 0 aromatic carbocycles. The van der Waals surface area contributed by atoms with Crippen molar-refractivity contribution in [3.05, 3.63) is 0 Å². The van der Waals surface area contributed by atoms with Gasteiger partial charge in [-0.1, -0.05) is 53.4 Å². The van der Waals surface area contributed by atoms with Crippen LogP contribution in [0.2, 0.25) is 0 Å². The first kappa shape index (κ1) is 13.0. The second-order valence-corrected chi connectivity index (χ2v) is 5.56. The van der Waals surface area contributed by atoms with E-state index >= 15 is 0 Å². The molecule has 0 aliphatic heterocycles. The first-order chi connectivity index (χ1) is 7.06. The van der Waals surface area contributed by atoms with E-state index < -0.39 is 5.60 Å². The summed E-state index contributed by atoms with van der Waals surface area (Å²) in [6.07, 6.45) is 7.39. The number of hydrogen-bond acceptors (Lipinski definition) is 1. The van der Waals surface area contributed by atoms with Crippen molar-refractivity contribution in [3.63, 3.8) is 0 Å². The molecular weight excluding hydrogens is 184 g/mol. The summed E-state index contributed by atoms with van der Waals surface area (Å²) in [4.78, 5) is 0. The minimum absolute atomic E-state index is 0.389. The first-order valence-corrected chi connectivity index (χ1v) is 6.78. The molecule has 0 bridgehead atoms. The van der Waals surface area contributed by atoms with Crippen LogP contribution in [-0.2, 0) is 0 Å². The zero-order valence-corrected chi connectivity index (χ0v) is 10.9. The topological polar surface area (TPSA) is 20.2 Å². The predicted molar refractivity (Wildman–Crippen MR) is 65.8 cm³/mol. The van der Waals surface area contributed by atoms with Gasteiger partial charge in [0.2, 0.25) is 0 Å². The van der Waals surface area contributed by atoms with Crippen LogP contribution < -0.4 is 0 Å². The molecule has 0 radical (unpaired) electrons. The molecule has 0 amide bonds. The monoisotopic (exact) mass is 212 g/mol. The molecule has 0 spiro atoms. The third-order valence-electron chi connectivity index (χ3n) is 4.64. The van der Waals surface area contributed by atoms with E-state index in [2.05, 4.69) is 27.7 Å². The summed E-state index contributed by atoms with van der Waals surface area (Å²) in [5.74, 6) is 1.69. The van der Waals surface area contributed by atoms with E-state index in [1.807, 2.05) is 0 Å². The molecule has 3 atom stereocenters. The molecule has 90 valence electrons. The summed E-state index contributed by atoms with van der Waals surface area (Å²) >= 11 is 0. The summed E-state index contributed by atoms with van der Waals surface area (Å²) < 4.78 is 0. The molecule has 0 heterocycles. The quantitative estimate of drug-likeness (QED) is 0.747. The fourth-order valence-corrected chi connectivity index (χ4v) is 3.45. The molecule has 1 nitrogen and oxygen atoms in total. The van der Waals surface area contributed by atoms with Crippen molar-refractivity contribution in [3.8, 4) is 0 Å². The molecule has 1 heteroatoms. The third-order valence-corrected chi connectivity index (χ3v) is 4.64. The molecule has 0 aromatic heterocycles. The van der Waals surface area contributed by atoms with Gasteiger partial charge < -0.3 is 5.11 Å². The Balaban J connectivity index is 2.80. The van der Waals surface area contributed by atoms with Gasteiger partial charge in [-0.3, -0.25) is 0 Å². The van der Waals surface area contributed by atoms with Gasteiger partial charge in [-0.15, -0.1) is 0 Å². The lowest BCUT2D eigenvalue weighted by atomic mass is 9.64. The minimum atomic E-state index is -0.416. The van der Waals surface area contributed by atoms with Crippen molar-refractivity contribution < 1.29 is 5.11 Å². The molecule has 1 saturated carbocycles. The molecule has 1 rings (SSSR count). The summed E-state index contributed by atoms with van der Waals surface area (Å²) in [5.41, 5.74) is -0.416. The average Bonchev–Trinajstić information content (AvgIpc) is 2.27. The van der Waals surface area contributed by atoms with Crippen LogP contribution in [0.1, 0.15) is 66.2 Å². The second kappa shape index (κ2) is 5.34. The van der Waals surface area contributed by atoms with Gasteiger partial charge in [-0.05, 0) is 30.6 Å². The van der Waals surface area contributed by atoms with Crippen molar-refractivity contribution in [1.82, 2.24) is 0 Å². The zero-order valence-electron chi connectivity index (χ0n) is 10.9. The van der Waals surface area contributed by atoms with Crippen LogP contribution in [0.15, 0.2) is 0 Å². The summed E-state index contributed by atoms with van der Waals surface area (Å²) in [6.45, 7) is 8.76. The number of aliphatic hydroxyl groups is 1. The summed E-state index contributed by atoms with van der Waals surface area (Å²) in [5, 5.41) is 10.8.